The van der Waals surface area contributed by atoms with Crippen molar-refractivity contribution in [1.82, 2.24) is 24.0 Å². The third kappa shape index (κ3) is 3.64. The summed E-state index contributed by atoms with van der Waals surface area (Å²) in [4.78, 5) is 43.2. The second kappa shape index (κ2) is 7.78. The third-order valence-corrected chi connectivity index (χ3v) is 6.31. The van der Waals surface area contributed by atoms with Gasteiger partial charge in [0.25, 0.3) is 11.5 Å². The maximum absolute atomic E-state index is 13.4. The van der Waals surface area contributed by atoms with E-state index >= 15 is 0 Å². The Bertz CT molecular complexity index is 1090. The summed E-state index contributed by atoms with van der Waals surface area (Å²) < 4.78 is 8.41. The third-order valence-electron chi connectivity index (χ3n) is 6.31. The molecule has 0 saturated carbocycles. The van der Waals surface area contributed by atoms with Gasteiger partial charge in [0, 0.05) is 30.6 Å². The smallest absolute Gasteiger partial charge is 0.280 e. The number of carbonyl (C=O) groups excluding carboxylic acids is 2. The quantitative estimate of drug-likeness (QED) is 0.733. The second-order valence-corrected chi connectivity index (χ2v) is 9.45. The van der Waals surface area contributed by atoms with E-state index in [9.17, 15) is 14.4 Å². The number of carbonyl (C=O) groups is 2. The molecule has 31 heavy (non-hydrogen) atoms. The molecule has 1 fully saturated rings. The van der Waals surface area contributed by atoms with Gasteiger partial charge in [-0.3, -0.25) is 14.4 Å². The van der Waals surface area contributed by atoms with Crippen LogP contribution in [0.15, 0.2) is 10.9 Å². The van der Waals surface area contributed by atoms with Crippen molar-refractivity contribution in [3.63, 3.8) is 0 Å². The van der Waals surface area contributed by atoms with Crippen molar-refractivity contribution in [2.75, 3.05) is 26.3 Å². The monoisotopic (exact) mass is 429 g/mol. The van der Waals surface area contributed by atoms with Crippen LogP contribution in [0.25, 0.3) is 5.65 Å². The van der Waals surface area contributed by atoms with E-state index in [1.165, 1.54) is 4.52 Å². The first-order chi connectivity index (χ1) is 14.6. The molecule has 0 N–H and O–H groups in total. The molecule has 0 aliphatic carbocycles. The summed E-state index contributed by atoms with van der Waals surface area (Å²) in [5.41, 5.74) is 1.40. The predicted molar refractivity (Wildman–Crippen MR) is 115 cm³/mol. The van der Waals surface area contributed by atoms with Gasteiger partial charge < -0.3 is 19.1 Å². The summed E-state index contributed by atoms with van der Waals surface area (Å²) in [5, 5.41) is 4.57. The van der Waals surface area contributed by atoms with E-state index in [4.69, 9.17) is 4.74 Å². The highest BCUT2D eigenvalue weighted by molar-refractivity contribution is 5.98. The van der Waals surface area contributed by atoms with Gasteiger partial charge >= 0.3 is 0 Å². The zero-order chi connectivity index (χ0) is 22.5. The molecule has 168 valence electrons. The second-order valence-electron chi connectivity index (χ2n) is 9.45. The van der Waals surface area contributed by atoms with Gasteiger partial charge in [0.2, 0.25) is 5.91 Å². The lowest BCUT2D eigenvalue weighted by molar-refractivity contribution is -0.135. The number of aromatic nitrogens is 3. The van der Waals surface area contributed by atoms with Crippen molar-refractivity contribution < 1.29 is 14.3 Å². The Hall–Kier alpha value is -2.68. The molecule has 2 aliphatic rings. The van der Waals surface area contributed by atoms with Crippen LogP contribution in [0.2, 0.25) is 0 Å². The zero-order valence-corrected chi connectivity index (χ0v) is 19.0. The lowest BCUT2D eigenvalue weighted by atomic mass is 9.93. The SMILES string of the molecule is CC[C@H](C)N1Cc2c(n(CC(=O)N3CCOCC3)c3cc(C(C)(C)C)nn3c2=O)C1=O. The lowest BCUT2D eigenvalue weighted by Gasteiger charge is -2.27. The van der Waals surface area contributed by atoms with Crippen molar-refractivity contribution in [2.24, 2.45) is 0 Å². The van der Waals surface area contributed by atoms with Crippen molar-refractivity contribution in [1.29, 1.82) is 0 Å². The van der Waals surface area contributed by atoms with E-state index in [1.807, 2.05) is 40.7 Å². The molecule has 2 aromatic heterocycles. The molecule has 1 saturated heterocycles. The minimum Gasteiger partial charge on any atom is -0.378 e. The molecule has 1 atom stereocenters. The van der Waals surface area contributed by atoms with Crippen LogP contribution in [0, 0.1) is 0 Å². The van der Waals surface area contributed by atoms with Crippen LogP contribution in [0.4, 0.5) is 0 Å². The van der Waals surface area contributed by atoms with E-state index in [0.29, 0.717) is 43.2 Å². The average molecular weight is 430 g/mol. The number of nitrogens with zero attached hydrogens (tertiary/aromatic N) is 5. The zero-order valence-electron chi connectivity index (χ0n) is 19.0. The minimum atomic E-state index is -0.283. The van der Waals surface area contributed by atoms with E-state index in [2.05, 4.69) is 5.10 Å². The number of ether oxygens (including phenoxy) is 1. The van der Waals surface area contributed by atoms with Gasteiger partial charge in [-0.25, -0.2) is 0 Å². The van der Waals surface area contributed by atoms with Gasteiger partial charge in [0.05, 0.1) is 31.0 Å². The Morgan fingerprint density at radius 3 is 2.52 bits per heavy atom. The Morgan fingerprint density at radius 1 is 1.23 bits per heavy atom. The number of morpholine rings is 1. The Labute approximate surface area is 181 Å². The number of hydrogen-bond donors (Lipinski definition) is 0. The summed E-state index contributed by atoms with van der Waals surface area (Å²) in [6.45, 7) is 12.3. The van der Waals surface area contributed by atoms with Gasteiger partial charge in [-0.15, -0.1) is 0 Å². The fraction of sp³-hybridized carbons (Fsp3) is 0.636. The van der Waals surface area contributed by atoms with Crippen molar-refractivity contribution >= 4 is 17.5 Å². The molecule has 0 bridgehead atoms. The minimum absolute atomic E-state index is 0.000141. The topological polar surface area (TPSA) is 89.2 Å². The average Bonchev–Trinajstić information content (AvgIpc) is 3.34. The van der Waals surface area contributed by atoms with Crippen LogP contribution in [0.1, 0.15) is 62.8 Å². The Kier molecular flexibility index (Phi) is 5.41. The van der Waals surface area contributed by atoms with Gasteiger partial charge in [0.15, 0.2) is 0 Å². The molecule has 2 aliphatic heterocycles. The van der Waals surface area contributed by atoms with Crippen molar-refractivity contribution in [2.45, 2.75) is 65.6 Å². The summed E-state index contributed by atoms with van der Waals surface area (Å²) in [5.74, 6) is -0.290. The van der Waals surface area contributed by atoms with Gasteiger partial charge in [-0.05, 0) is 13.3 Å². The van der Waals surface area contributed by atoms with Crippen LogP contribution in [0.3, 0.4) is 0 Å². The van der Waals surface area contributed by atoms with Gasteiger partial charge in [0.1, 0.15) is 17.9 Å². The van der Waals surface area contributed by atoms with Crippen molar-refractivity contribution in [3.05, 3.63) is 33.4 Å². The fourth-order valence-electron chi connectivity index (χ4n) is 4.14. The molecule has 2 amide bonds. The molecule has 0 unspecified atom stereocenters. The largest absolute Gasteiger partial charge is 0.378 e. The van der Waals surface area contributed by atoms with Crippen molar-refractivity contribution in [3.8, 4) is 0 Å². The van der Waals surface area contributed by atoms with Crippen LogP contribution in [0.5, 0.6) is 0 Å². The van der Waals surface area contributed by atoms with Crippen LogP contribution < -0.4 is 5.56 Å². The standard InChI is InChI=1S/C22H31N5O4/c1-6-14(2)25-12-15-19(21(25)30)26(13-18(28)24-7-9-31-10-8-24)17-11-16(22(3,4)5)23-27(17)20(15)29/h11,14H,6-10,12-13H2,1-5H3/t14-/m0/s1. The van der Waals surface area contributed by atoms with Crippen LogP contribution in [-0.2, 0) is 28.0 Å². The normalized spacial score (nSPS) is 18.0. The summed E-state index contributed by atoms with van der Waals surface area (Å²) in [6, 6.07) is 1.83. The highest BCUT2D eigenvalue weighted by atomic mass is 16.5. The summed E-state index contributed by atoms with van der Waals surface area (Å²) in [6.07, 6.45) is 0.784. The lowest BCUT2D eigenvalue weighted by Crippen LogP contribution is -2.43. The van der Waals surface area contributed by atoms with Crippen LogP contribution >= 0.6 is 0 Å². The Balaban J connectivity index is 1.87. The molecule has 4 rings (SSSR count). The number of rotatable bonds is 4. The molecule has 4 heterocycles. The number of fused-ring (bicyclic) bond motifs is 2. The fourth-order valence-corrected chi connectivity index (χ4v) is 4.14. The first-order valence-electron chi connectivity index (χ1n) is 11.0. The first kappa shape index (κ1) is 21.5. The van der Waals surface area contributed by atoms with Crippen LogP contribution in [-0.4, -0.2) is 68.1 Å². The van der Waals surface area contributed by atoms with E-state index in [-0.39, 0.29) is 41.9 Å². The van der Waals surface area contributed by atoms with E-state index < -0.39 is 0 Å². The Morgan fingerprint density at radius 2 is 1.90 bits per heavy atom. The van der Waals surface area contributed by atoms with E-state index in [0.717, 1.165) is 12.1 Å². The molecular formula is C22H31N5O4. The number of amides is 2. The molecule has 0 spiro atoms. The number of hydrogen-bond acceptors (Lipinski definition) is 5. The highest BCUT2D eigenvalue weighted by Crippen LogP contribution is 2.27. The maximum Gasteiger partial charge on any atom is 0.280 e. The maximum atomic E-state index is 13.4. The molecule has 0 aromatic carbocycles. The first-order valence-corrected chi connectivity index (χ1v) is 11.0. The molecule has 9 nitrogen and oxygen atoms in total. The molecular weight excluding hydrogens is 398 g/mol. The molecule has 0 radical (unpaired) electrons. The predicted octanol–water partition coefficient (Wildman–Crippen LogP) is 1.41. The van der Waals surface area contributed by atoms with Gasteiger partial charge in [-0.1, -0.05) is 27.7 Å². The van der Waals surface area contributed by atoms with E-state index in [1.54, 1.807) is 14.4 Å². The molecule has 2 aromatic rings. The highest BCUT2D eigenvalue weighted by Gasteiger charge is 2.37. The van der Waals surface area contributed by atoms with Gasteiger partial charge in [-0.2, -0.15) is 9.61 Å². The molecule has 9 heteroatoms. The summed E-state index contributed by atoms with van der Waals surface area (Å²) >= 11 is 0. The summed E-state index contributed by atoms with van der Waals surface area (Å²) in [7, 11) is 0.